The second-order valence-electron chi connectivity index (χ2n) is 11.2. The maximum atomic E-state index is 14.3. The second kappa shape index (κ2) is 9.42. The van der Waals surface area contributed by atoms with Crippen molar-refractivity contribution < 1.29 is 9.59 Å². The van der Waals surface area contributed by atoms with Gasteiger partial charge in [0.1, 0.15) is 11.2 Å². The first-order valence-electron chi connectivity index (χ1n) is 13.9. The molecule has 2 amide bonds. The standard InChI is InChI=1S/C31H37N3O2/c1-31(30(36)32-24-15-5-3-2-4-6-16-24)21-33-26-18-10-8-13-23(26)20-28(33)29(35)34(31)27-19-11-14-22-12-7-9-17-25(22)27/h7-10,12-13,17-18,20,24,27H,2-6,11,14-16,19,21H2,1H3,(H,32,36)/t27-,31+/m1/s1. The summed E-state index contributed by atoms with van der Waals surface area (Å²) >= 11 is 0. The van der Waals surface area contributed by atoms with E-state index in [0.717, 1.165) is 55.8 Å². The van der Waals surface area contributed by atoms with Gasteiger partial charge in [-0.2, -0.15) is 0 Å². The highest BCUT2D eigenvalue weighted by Gasteiger charge is 2.51. The summed E-state index contributed by atoms with van der Waals surface area (Å²) in [5.74, 6) is -0.0395. The number of amides is 2. The van der Waals surface area contributed by atoms with Gasteiger partial charge in [0, 0.05) is 16.9 Å². The lowest BCUT2D eigenvalue weighted by atomic mass is 9.82. The van der Waals surface area contributed by atoms with Crippen molar-refractivity contribution in [3.63, 3.8) is 0 Å². The molecule has 2 aromatic carbocycles. The van der Waals surface area contributed by atoms with Crippen LogP contribution in [0, 0.1) is 0 Å². The zero-order valence-electron chi connectivity index (χ0n) is 21.3. The molecule has 1 fully saturated rings. The molecule has 3 aliphatic rings. The van der Waals surface area contributed by atoms with Gasteiger partial charge in [-0.15, -0.1) is 0 Å². The Bertz CT molecular complexity index is 1290. The fraction of sp³-hybridized carbons (Fsp3) is 0.484. The summed E-state index contributed by atoms with van der Waals surface area (Å²) in [6.07, 6.45) is 11.1. The summed E-state index contributed by atoms with van der Waals surface area (Å²) in [5, 5.41) is 4.49. The van der Waals surface area contributed by atoms with Gasteiger partial charge in [0.25, 0.3) is 5.91 Å². The molecule has 2 aliphatic carbocycles. The van der Waals surface area contributed by atoms with Gasteiger partial charge in [-0.3, -0.25) is 9.59 Å². The Kier molecular flexibility index (Phi) is 6.10. The first-order valence-corrected chi connectivity index (χ1v) is 13.9. The molecule has 6 rings (SSSR count). The Morgan fingerprint density at radius 3 is 2.47 bits per heavy atom. The van der Waals surface area contributed by atoms with Crippen LogP contribution in [0.4, 0.5) is 0 Å². The molecule has 1 aliphatic heterocycles. The summed E-state index contributed by atoms with van der Waals surface area (Å²) < 4.78 is 2.08. The summed E-state index contributed by atoms with van der Waals surface area (Å²) in [4.78, 5) is 30.5. The predicted molar refractivity (Wildman–Crippen MR) is 143 cm³/mol. The first kappa shape index (κ1) is 23.3. The number of aryl methyl sites for hydroxylation is 1. The zero-order chi connectivity index (χ0) is 24.7. The maximum absolute atomic E-state index is 14.3. The molecule has 1 saturated carbocycles. The number of carbonyl (C=O) groups is 2. The molecule has 5 nitrogen and oxygen atoms in total. The average Bonchev–Trinajstić information content (AvgIpc) is 3.24. The van der Waals surface area contributed by atoms with E-state index >= 15 is 0 Å². The number of aromatic nitrogens is 1. The van der Waals surface area contributed by atoms with Crippen molar-refractivity contribution in [2.75, 3.05) is 0 Å². The quantitative estimate of drug-likeness (QED) is 0.485. The first-order chi connectivity index (χ1) is 17.6. The van der Waals surface area contributed by atoms with Crippen molar-refractivity contribution in [3.05, 3.63) is 71.4 Å². The van der Waals surface area contributed by atoms with Crippen molar-refractivity contribution in [1.82, 2.24) is 14.8 Å². The van der Waals surface area contributed by atoms with Crippen LogP contribution in [0.3, 0.4) is 0 Å². The van der Waals surface area contributed by atoms with Crippen molar-refractivity contribution in [2.45, 2.75) is 95.3 Å². The Morgan fingerprint density at radius 1 is 0.917 bits per heavy atom. The van der Waals surface area contributed by atoms with Crippen molar-refractivity contribution in [3.8, 4) is 0 Å². The number of rotatable bonds is 3. The SMILES string of the molecule is C[C@@]1(C(=O)NC2CCCCCCC2)Cn2c(cc3ccccc32)C(=O)N1[C@@H]1CCCc2ccccc21. The van der Waals surface area contributed by atoms with Crippen molar-refractivity contribution in [2.24, 2.45) is 0 Å². The Hall–Kier alpha value is -3.08. The Labute approximate surface area is 213 Å². The van der Waals surface area contributed by atoms with E-state index in [2.05, 4.69) is 46.3 Å². The highest BCUT2D eigenvalue weighted by Crippen LogP contribution is 2.43. The monoisotopic (exact) mass is 483 g/mol. The molecule has 1 aromatic heterocycles. The molecule has 0 bridgehead atoms. The van der Waals surface area contributed by atoms with E-state index in [4.69, 9.17) is 0 Å². The lowest BCUT2D eigenvalue weighted by Gasteiger charge is -2.49. The molecule has 2 atom stereocenters. The van der Waals surface area contributed by atoms with Gasteiger partial charge in [0.15, 0.2) is 0 Å². The molecular weight excluding hydrogens is 446 g/mol. The minimum absolute atomic E-state index is 0.00657. The number of benzene rings is 2. The highest BCUT2D eigenvalue weighted by atomic mass is 16.2. The Morgan fingerprint density at radius 2 is 1.64 bits per heavy atom. The molecule has 0 saturated heterocycles. The van der Waals surface area contributed by atoms with Crippen LogP contribution >= 0.6 is 0 Å². The van der Waals surface area contributed by atoms with E-state index in [-0.39, 0.29) is 23.9 Å². The molecule has 0 unspecified atom stereocenters. The van der Waals surface area contributed by atoms with Gasteiger partial charge in [-0.05, 0) is 62.3 Å². The van der Waals surface area contributed by atoms with Crippen molar-refractivity contribution in [1.29, 1.82) is 0 Å². The maximum Gasteiger partial charge on any atom is 0.271 e. The lowest BCUT2D eigenvalue weighted by Crippen LogP contribution is -2.65. The number of hydrogen-bond donors (Lipinski definition) is 1. The molecule has 5 heteroatoms. The van der Waals surface area contributed by atoms with Crippen LogP contribution in [0.2, 0.25) is 0 Å². The number of fused-ring (bicyclic) bond motifs is 4. The smallest absolute Gasteiger partial charge is 0.271 e. The van der Waals surface area contributed by atoms with Crippen LogP contribution in [0.5, 0.6) is 0 Å². The number of hydrogen-bond acceptors (Lipinski definition) is 2. The van der Waals surface area contributed by atoms with E-state index in [9.17, 15) is 9.59 Å². The molecule has 3 aromatic rings. The molecule has 1 N–H and O–H groups in total. The third kappa shape index (κ3) is 3.93. The van der Waals surface area contributed by atoms with Gasteiger partial charge in [0.2, 0.25) is 5.91 Å². The van der Waals surface area contributed by atoms with E-state index in [1.807, 2.05) is 30.0 Å². The zero-order valence-corrected chi connectivity index (χ0v) is 21.3. The van der Waals surface area contributed by atoms with Crippen LogP contribution in [-0.4, -0.2) is 32.9 Å². The normalized spacial score (nSPS) is 25.1. The molecule has 2 heterocycles. The van der Waals surface area contributed by atoms with Gasteiger partial charge < -0.3 is 14.8 Å². The summed E-state index contributed by atoms with van der Waals surface area (Å²) in [7, 11) is 0. The average molecular weight is 484 g/mol. The molecule has 36 heavy (non-hydrogen) atoms. The van der Waals surface area contributed by atoms with E-state index in [1.165, 1.54) is 30.4 Å². The summed E-state index contributed by atoms with van der Waals surface area (Å²) in [5.41, 5.74) is 3.25. The third-order valence-electron chi connectivity index (χ3n) is 8.83. The predicted octanol–water partition coefficient (Wildman–Crippen LogP) is 6.16. The fourth-order valence-electron chi connectivity index (χ4n) is 6.89. The Balaban J connectivity index is 1.43. The van der Waals surface area contributed by atoms with Crippen LogP contribution < -0.4 is 5.32 Å². The van der Waals surface area contributed by atoms with Crippen LogP contribution in [0.1, 0.15) is 92.4 Å². The number of nitrogens with zero attached hydrogens (tertiary/aromatic N) is 2. The van der Waals surface area contributed by atoms with Gasteiger partial charge in [-0.25, -0.2) is 0 Å². The summed E-state index contributed by atoms with van der Waals surface area (Å²) in [6, 6.07) is 18.7. The molecule has 188 valence electrons. The van der Waals surface area contributed by atoms with Crippen LogP contribution in [0.25, 0.3) is 10.9 Å². The van der Waals surface area contributed by atoms with E-state index in [0.29, 0.717) is 12.2 Å². The van der Waals surface area contributed by atoms with Gasteiger partial charge >= 0.3 is 0 Å². The lowest BCUT2D eigenvalue weighted by molar-refractivity contribution is -0.135. The number of carbonyl (C=O) groups excluding carboxylic acids is 2. The van der Waals surface area contributed by atoms with Gasteiger partial charge in [0.05, 0.1) is 12.6 Å². The van der Waals surface area contributed by atoms with Gasteiger partial charge in [-0.1, -0.05) is 74.6 Å². The number of nitrogens with one attached hydrogen (secondary N) is 1. The largest absolute Gasteiger partial charge is 0.351 e. The molecule has 0 spiro atoms. The van der Waals surface area contributed by atoms with E-state index in [1.54, 1.807) is 0 Å². The topological polar surface area (TPSA) is 54.3 Å². The second-order valence-corrected chi connectivity index (χ2v) is 11.2. The van der Waals surface area contributed by atoms with E-state index < -0.39 is 5.54 Å². The fourth-order valence-corrected chi connectivity index (χ4v) is 6.89. The minimum Gasteiger partial charge on any atom is -0.351 e. The summed E-state index contributed by atoms with van der Waals surface area (Å²) in [6.45, 7) is 2.47. The third-order valence-corrected chi connectivity index (χ3v) is 8.83. The molecule has 0 radical (unpaired) electrons. The molecular formula is C31H37N3O2. The van der Waals surface area contributed by atoms with Crippen molar-refractivity contribution >= 4 is 22.7 Å². The number of para-hydroxylation sites is 1. The van der Waals surface area contributed by atoms with Crippen LogP contribution in [0.15, 0.2) is 54.6 Å². The minimum atomic E-state index is -0.969. The highest BCUT2D eigenvalue weighted by molar-refractivity contribution is 6.04. The van der Waals surface area contributed by atoms with Crippen LogP contribution in [-0.2, 0) is 17.8 Å².